The Morgan fingerprint density at radius 2 is 1.69 bits per heavy atom. The molecule has 1 aromatic carbocycles. The van der Waals surface area contributed by atoms with Crippen molar-refractivity contribution < 1.29 is 50.6 Å². The quantitative estimate of drug-likeness (QED) is 0.377. The summed E-state index contributed by atoms with van der Waals surface area (Å²) < 4.78 is 77.2. The van der Waals surface area contributed by atoms with Crippen molar-refractivity contribution in [3.05, 3.63) is 42.1 Å². The van der Waals surface area contributed by atoms with Gasteiger partial charge in [0.2, 0.25) is 27.7 Å². The Bertz CT molecular complexity index is 2020. The Balaban J connectivity index is 1.25. The number of fused-ring (bicyclic) bond motifs is 5. The number of nitrogens with zero attached hydrogens (tertiary/aromatic N) is 3. The Morgan fingerprint density at radius 3 is 2.35 bits per heavy atom. The Hall–Kier alpha value is -4.45. The Labute approximate surface area is 317 Å². The highest BCUT2D eigenvalue weighted by atomic mass is 32.2. The van der Waals surface area contributed by atoms with Gasteiger partial charge in [-0.25, -0.2) is 23.2 Å². The molecule has 2 bridgehead atoms. The van der Waals surface area contributed by atoms with E-state index < -0.39 is 104 Å². The summed E-state index contributed by atoms with van der Waals surface area (Å²) in [6, 6.07) is 3.85. The number of rotatable bonds is 5. The summed E-state index contributed by atoms with van der Waals surface area (Å²) >= 11 is 0. The molecule has 1 aromatic heterocycles. The zero-order chi connectivity index (χ0) is 39.5. The van der Waals surface area contributed by atoms with Gasteiger partial charge < -0.3 is 29.7 Å². The third kappa shape index (κ3) is 7.97. The molecule has 3 saturated carbocycles. The largest absolute Gasteiger partial charge is 0.471 e. The van der Waals surface area contributed by atoms with E-state index in [1.54, 1.807) is 45.9 Å². The van der Waals surface area contributed by atoms with Gasteiger partial charge in [0.1, 0.15) is 29.8 Å². The average molecular weight is 789 g/mol. The van der Waals surface area contributed by atoms with Gasteiger partial charge in [0.25, 0.3) is 5.91 Å². The number of carbonyl (C=O) groups is 4. The first-order chi connectivity index (χ1) is 25.9. The molecule has 15 nitrogen and oxygen atoms in total. The summed E-state index contributed by atoms with van der Waals surface area (Å²) in [6.45, 7) is 6.35. The van der Waals surface area contributed by atoms with Gasteiger partial charge in [0, 0.05) is 6.42 Å². The van der Waals surface area contributed by atoms with Crippen LogP contribution < -0.4 is 20.1 Å². The molecule has 18 heteroatoms. The van der Waals surface area contributed by atoms with Crippen molar-refractivity contribution in [3.8, 4) is 5.88 Å². The molecule has 1 saturated heterocycles. The number of hydrogen-bond acceptors (Lipinski definition) is 11. The van der Waals surface area contributed by atoms with Crippen LogP contribution >= 0.6 is 0 Å². The fraction of sp³-hybridized carbons (Fsp3) is 0.622. The number of para-hydroxylation sites is 2. The lowest BCUT2D eigenvalue weighted by atomic mass is 9.85. The zero-order valence-corrected chi connectivity index (χ0v) is 31.9. The van der Waals surface area contributed by atoms with Gasteiger partial charge in [-0.3, -0.25) is 19.1 Å². The van der Waals surface area contributed by atoms with Crippen LogP contribution in [0, 0.1) is 11.3 Å². The van der Waals surface area contributed by atoms with Crippen molar-refractivity contribution >= 4 is 44.9 Å². The summed E-state index contributed by atoms with van der Waals surface area (Å²) in [7, 11) is -3.93. The number of hydrogen-bond donors (Lipinski definition) is 3. The van der Waals surface area contributed by atoms with Gasteiger partial charge in [-0.1, -0.05) is 45.9 Å². The van der Waals surface area contributed by atoms with Crippen molar-refractivity contribution in [2.75, 3.05) is 13.2 Å². The van der Waals surface area contributed by atoms with E-state index >= 15 is 8.78 Å². The topological polar surface area (TPSA) is 195 Å². The van der Waals surface area contributed by atoms with E-state index in [4.69, 9.17) is 14.2 Å². The number of allylic oxidation sites excluding steroid dienone is 1. The number of benzene rings is 1. The fourth-order valence-corrected chi connectivity index (χ4v) is 8.91. The first-order valence-electron chi connectivity index (χ1n) is 18.6. The van der Waals surface area contributed by atoms with Crippen LogP contribution in [0.4, 0.5) is 13.6 Å². The molecule has 298 valence electrons. The van der Waals surface area contributed by atoms with Crippen LogP contribution in [0.25, 0.3) is 11.0 Å². The molecular formula is C37H46F2N6O9S. The maximum Gasteiger partial charge on any atom is 0.408 e. The first-order valence-corrected chi connectivity index (χ1v) is 20.2. The number of nitrogens with one attached hydrogen (secondary N) is 3. The second-order valence-electron chi connectivity index (χ2n) is 16.3. The standard InChI is InChI=1S/C37H46F2N6O9S/c1-20-18-36(20,33(48)44-55(50,51)22-13-14-22)43-30(46)25-17-21-19-45(25)32(47)29(35(2,3)4)42-34(49)54-27-12-7-11-26(27)52-16-8-15-37(38,39)28-31(53-21)41-24-10-6-5-9-23(24)40-28/h5-6,8-10,15,20-22,25-27,29H,7,11-14,16-19H2,1-4H3,(H,42,49)(H,43,46)(H,44,48). The number of aromatic nitrogens is 2. The van der Waals surface area contributed by atoms with Crippen LogP contribution in [0.5, 0.6) is 5.88 Å². The molecule has 5 aliphatic rings. The normalized spacial score (nSPS) is 31.2. The monoisotopic (exact) mass is 788 g/mol. The molecule has 7 atom stereocenters. The summed E-state index contributed by atoms with van der Waals surface area (Å²) in [5, 5.41) is 4.73. The summed E-state index contributed by atoms with van der Waals surface area (Å²) in [5.74, 6) is -6.98. The third-order valence-electron chi connectivity index (χ3n) is 11.0. The number of alkyl carbamates (subject to hydrolysis) is 1. The van der Waals surface area contributed by atoms with Crippen molar-refractivity contribution in [2.24, 2.45) is 11.3 Å². The van der Waals surface area contributed by atoms with Gasteiger partial charge >= 0.3 is 12.0 Å². The van der Waals surface area contributed by atoms with E-state index in [-0.39, 0.29) is 37.0 Å². The molecule has 4 fully saturated rings. The molecule has 0 spiro atoms. The van der Waals surface area contributed by atoms with Gasteiger partial charge in [-0.2, -0.15) is 8.78 Å². The second-order valence-corrected chi connectivity index (χ2v) is 18.3. The number of sulfonamides is 1. The lowest BCUT2D eigenvalue weighted by Crippen LogP contribution is -2.60. The predicted octanol–water partition coefficient (Wildman–Crippen LogP) is 3.22. The molecule has 7 unspecified atom stereocenters. The van der Waals surface area contributed by atoms with Crippen LogP contribution in [0.2, 0.25) is 0 Å². The number of amides is 4. The van der Waals surface area contributed by atoms with Gasteiger partial charge in [-0.05, 0) is 68.1 Å². The maximum absolute atomic E-state index is 16.0. The van der Waals surface area contributed by atoms with E-state index in [2.05, 4.69) is 25.3 Å². The van der Waals surface area contributed by atoms with Gasteiger partial charge in [0.05, 0.1) is 35.5 Å². The minimum absolute atomic E-state index is 0.147. The van der Waals surface area contributed by atoms with Crippen molar-refractivity contribution in [1.29, 1.82) is 0 Å². The average Bonchev–Trinajstić information content (AvgIpc) is 3.98. The van der Waals surface area contributed by atoms with Crippen molar-refractivity contribution in [1.82, 2.24) is 30.2 Å². The van der Waals surface area contributed by atoms with Crippen LogP contribution in [-0.4, -0.2) is 101 Å². The van der Waals surface area contributed by atoms with E-state index in [9.17, 15) is 27.6 Å². The minimum Gasteiger partial charge on any atom is -0.471 e. The third-order valence-corrected chi connectivity index (χ3v) is 12.8. The van der Waals surface area contributed by atoms with E-state index in [1.165, 1.54) is 11.0 Å². The maximum atomic E-state index is 16.0. The molecule has 3 N–H and O–H groups in total. The second kappa shape index (κ2) is 14.2. The lowest BCUT2D eigenvalue weighted by Gasteiger charge is -2.35. The van der Waals surface area contributed by atoms with Crippen LogP contribution in [0.3, 0.4) is 0 Å². The number of ether oxygens (including phenoxy) is 3. The number of halogens is 2. The van der Waals surface area contributed by atoms with E-state index in [1.807, 2.05) is 0 Å². The number of alkyl halides is 2. The summed E-state index contributed by atoms with van der Waals surface area (Å²) in [4.78, 5) is 65.4. The molecule has 2 aromatic rings. The Morgan fingerprint density at radius 1 is 1.02 bits per heavy atom. The molecule has 55 heavy (non-hydrogen) atoms. The fourth-order valence-electron chi connectivity index (χ4n) is 7.55. The summed E-state index contributed by atoms with van der Waals surface area (Å²) in [6.07, 6.45) is 0.970. The molecule has 3 aliphatic carbocycles. The molecule has 3 heterocycles. The van der Waals surface area contributed by atoms with Gasteiger partial charge in [0.15, 0.2) is 5.69 Å². The van der Waals surface area contributed by atoms with E-state index in [0.717, 1.165) is 6.08 Å². The Kier molecular flexibility index (Phi) is 10.1. The SMILES string of the molecule is CC1CC1(NC(=O)C1CC2CN1C(=O)C(C(C)(C)C)NC(=O)OC1CCCC1OCC=CC(F)(F)c1nc3ccccc3nc1O2)C(=O)NS(=O)(=O)C1CC1. The molecule has 7 rings (SSSR count). The highest BCUT2D eigenvalue weighted by Crippen LogP contribution is 2.45. The highest BCUT2D eigenvalue weighted by molar-refractivity contribution is 7.91. The molecule has 0 radical (unpaired) electrons. The first kappa shape index (κ1) is 38.8. The number of carbonyl (C=O) groups excluding carboxylic acids is 4. The lowest BCUT2D eigenvalue weighted by molar-refractivity contribution is -0.143. The molecule has 2 aliphatic heterocycles. The zero-order valence-electron chi connectivity index (χ0n) is 31.0. The molecular weight excluding hydrogens is 743 g/mol. The smallest absolute Gasteiger partial charge is 0.408 e. The minimum atomic E-state index is -3.93. The van der Waals surface area contributed by atoms with Gasteiger partial charge in [-0.15, -0.1) is 0 Å². The van der Waals surface area contributed by atoms with Crippen molar-refractivity contribution in [2.45, 2.75) is 120 Å². The summed E-state index contributed by atoms with van der Waals surface area (Å²) in [5.41, 5.74) is -2.80. The van der Waals surface area contributed by atoms with Crippen molar-refractivity contribution in [3.63, 3.8) is 0 Å². The van der Waals surface area contributed by atoms with Crippen LogP contribution in [-0.2, 0) is 39.8 Å². The highest BCUT2D eigenvalue weighted by Gasteiger charge is 2.61. The van der Waals surface area contributed by atoms with Crippen LogP contribution in [0.1, 0.15) is 78.3 Å². The molecule has 4 amide bonds. The predicted molar refractivity (Wildman–Crippen MR) is 192 cm³/mol. The van der Waals surface area contributed by atoms with Crippen LogP contribution in [0.15, 0.2) is 36.4 Å². The van der Waals surface area contributed by atoms with E-state index in [0.29, 0.717) is 38.2 Å².